The summed E-state index contributed by atoms with van der Waals surface area (Å²) in [6.07, 6.45) is 8.83. The summed E-state index contributed by atoms with van der Waals surface area (Å²) in [5, 5.41) is 3.75. The van der Waals surface area contributed by atoms with Gasteiger partial charge in [-0.1, -0.05) is 6.92 Å². The van der Waals surface area contributed by atoms with E-state index in [9.17, 15) is 0 Å². The van der Waals surface area contributed by atoms with Crippen LogP contribution in [-0.4, -0.2) is 36.6 Å². The Bertz CT molecular complexity index is 300. The minimum absolute atomic E-state index is 0.790. The first-order chi connectivity index (χ1) is 8.88. The molecule has 5 atom stereocenters. The molecule has 102 valence electrons. The maximum absolute atomic E-state index is 3.75. The van der Waals surface area contributed by atoms with Gasteiger partial charge in [0.2, 0.25) is 0 Å². The lowest BCUT2D eigenvalue weighted by atomic mass is 10.0. The highest BCUT2D eigenvalue weighted by Crippen LogP contribution is 2.67. The summed E-state index contributed by atoms with van der Waals surface area (Å²) in [5.41, 5.74) is 0. The first-order valence-electron chi connectivity index (χ1n) is 8.36. The molecule has 2 bridgehead atoms. The number of piperidine rings is 1. The van der Waals surface area contributed by atoms with Gasteiger partial charge in [0, 0.05) is 18.6 Å². The van der Waals surface area contributed by atoms with Crippen molar-refractivity contribution in [3.05, 3.63) is 0 Å². The number of nitrogens with zero attached hydrogens (tertiary/aromatic N) is 1. The number of rotatable bonds is 4. The van der Waals surface area contributed by atoms with Crippen molar-refractivity contribution in [2.45, 2.75) is 57.5 Å². The fraction of sp³-hybridized carbons (Fsp3) is 1.00. The van der Waals surface area contributed by atoms with E-state index in [4.69, 9.17) is 0 Å². The molecule has 3 saturated carbocycles. The number of fused-ring (bicyclic) bond motifs is 5. The highest BCUT2D eigenvalue weighted by Gasteiger charge is 2.66. The Morgan fingerprint density at radius 3 is 2.61 bits per heavy atom. The van der Waals surface area contributed by atoms with Crippen molar-refractivity contribution in [1.29, 1.82) is 0 Å². The molecule has 1 heterocycles. The molecule has 4 aliphatic rings. The second-order valence-electron chi connectivity index (χ2n) is 7.27. The van der Waals surface area contributed by atoms with E-state index in [1.807, 2.05) is 0 Å². The smallest absolute Gasteiger partial charge is 0.0195 e. The maximum atomic E-state index is 3.75. The summed E-state index contributed by atoms with van der Waals surface area (Å²) in [6, 6.07) is 1.81. The van der Waals surface area contributed by atoms with Crippen molar-refractivity contribution < 1.29 is 0 Å². The Morgan fingerprint density at radius 1 is 1.11 bits per heavy atom. The summed E-state index contributed by atoms with van der Waals surface area (Å²) in [6.45, 7) is 6.22. The van der Waals surface area contributed by atoms with Crippen molar-refractivity contribution >= 4 is 0 Å². The van der Waals surface area contributed by atoms with Gasteiger partial charge in [0.15, 0.2) is 0 Å². The van der Waals surface area contributed by atoms with Crippen LogP contribution in [0.25, 0.3) is 0 Å². The van der Waals surface area contributed by atoms with Gasteiger partial charge in [-0.15, -0.1) is 0 Å². The highest BCUT2D eigenvalue weighted by molar-refractivity contribution is 5.17. The molecule has 18 heavy (non-hydrogen) atoms. The van der Waals surface area contributed by atoms with Gasteiger partial charge < -0.3 is 5.32 Å². The maximum Gasteiger partial charge on any atom is 0.0195 e. The number of hydrogen-bond donors (Lipinski definition) is 1. The van der Waals surface area contributed by atoms with Gasteiger partial charge in [0.25, 0.3) is 0 Å². The van der Waals surface area contributed by atoms with Gasteiger partial charge in [-0.3, -0.25) is 4.90 Å². The monoisotopic (exact) mass is 248 g/mol. The zero-order valence-corrected chi connectivity index (χ0v) is 11.8. The molecular weight excluding hydrogens is 220 g/mol. The SMILES string of the molecule is CCCNC1CCCN(C2C3C4CCC(C4)C32)C1. The van der Waals surface area contributed by atoms with E-state index in [-0.39, 0.29) is 0 Å². The van der Waals surface area contributed by atoms with E-state index in [0.29, 0.717) is 0 Å². The van der Waals surface area contributed by atoms with Crippen LogP contribution >= 0.6 is 0 Å². The Balaban J connectivity index is 1.35. The van der Waals surface area contributed by atoms with E-state index in [1.54, 1.807) is 19.3 Å². The summed E-state index contributed by atoms with van der Waals surface area (Å²) >= 11 is 0. The van der Waals surface area contributed by atoms with E-state index >= 15 is 0 Å². The van der Waals surface area contributed by atoms with Crippen molar-refractivity contribution in [3.63, 3.8) is 0 Å². The first-order valence-corrected chi connectivity index (χ1v) is 8.36. The third-order valence-electron chi connectivity index (χ3n) is 6.25. The van der Waals surface area contributed by atoms with Crippen LogP contribution in [0.3, 0.4) is 0 Å². The molecule has 3 aliphatic carbocycles. The standard InChI is InChI=1S/C16H28N2/c1-2-7-17-13-4-3-8-18(10-13)16-14-11-5-6-12(9-11)15(14)16/h11-17H,2-10H2,1H3. The zero-order chi connectivity index (χ0) is 12.1. The van der Waals surface area contributed by atoms with Crippen LogP contribution in [0.4, 0.5) is 0 Å². The lowest BCUT2D eigenvalue weighted by Gasteiger charge is -2.35. The Kier molecular flexibility index (Phi) is 2.92. The third kappa shape index (κ3) is 1.76. The second kappa shape index (κ2) is 4.49. The fourth-order valence-electron chi connectivity index (χ4n) is 5.56. The van der Waals surface area contributed by atoms with Crippen molar-refractivity contribution in [2.24, 2.45) is 23.7 Å². The summed E-state index contributed by atoms with van der Waals surface area (Å²) < 4.78 is 0. The molecule has 0 amide bonds. The summed E-state index contributed by atoms with van der Waals surface area (Å²) in [7, 11) is 0. The van der Waals surface area contributed by atoms with Gasteiger partial charge in [-0.2, -0.15) is 0 Å². The molecule has 0 aromatic rings. The molecule has 1 aliphatic heterocycles. The Hall–Kier alpha value is -0.0800. The minimum atomic E-state index is 0.790. The normalized spacial score (nSPS) is 50.5. The van der Waals surface area contributed by atoms with Crippen LogP contribution < -0.4 is 5.32 Å². The van der Waals surface area contributed by atoms with Gasteiger partial charge >= 0.3 is 0 Å². The van der Waals surface area contributed by atoms with Gasteiger partial charge in [-0.05, 0) is 75.3 Å². The summed E-state index contributed by atoms with van der Waals surface area (Å²) in [5.74, 6) is 4.53. The van der Waals surface area contributed by atoms with Gasteiger partial charge in [0.1, 0.15) is 0 Å². The van der Waals surface area contributed by atoms with Crippen LogP contribution in [0.15, 0.2) is 0 Å². The topological polar surface area (TPSA) is 15.3 Å². The van der Waals surface area contributed by atoms with Crippen LogP contribution in [0.2, 0.25) is 0 Å². The van der Waals surface area contributed by atoms with Crippen LogP contribution in [0.5, 0.6) is 0 Å². The molecule has 2 nitrogen and oxygen atoms in total. The van der Waals surface area contributed by atoms with E-state index in [1.165, 1.54) is 38.9 Å². The quantitative estimate of drug-likeness (QED) is 0.822. The Labute approximate surface area is 111 Å². The average molecular weight is 248 g/mol. The molecule has 5 unspecified atom stereocenters. The van der Waals surface area contributed by atoms with E-state index in [0.717, 1.165) is 35.8 Å². The number of hydrogen-bond acceptors (Lipinski definition) is 2. The van der Waals surface area contributed by atoms with Crippen molar-refractivity contribution in [1.82, 2.24) is 10.2 Å². The number of nitrogens with one attached hydrogen (secondary N) is 1. The van der Waals surface area contributed by atoms with E-state index < -0.39 is 0 Å². The average Bonchev–Trinajstić information content (AvgIpc) is 2.85. The largest absolute Gasteiger partial charge is 0.313 e. The lowest BCUT2D eigenvalue weighted by molar-refractivity contribution is 0.156. The third-order valence-corrected chi connectivity index (χ3v) is 6.25. The summed E-state index contributed by atoms with van der Waals surface area (Å²) in [4.78, 5) is 2.87. The zero-order valence-electron chi connectivity index (χ0n) is 11.8. The molecule has 0 aromatic carbocycles. The lowest BCUT2D eigenvalue weighted by Crippen LogP contribution is -2.47. The molecule has 0 radical (unpaired) electrons. The molecule has 1 saturated heterocycles. The molecule has 0 spiro atoms. The van der Waals surface area contributed by atoms with E-state index in [2.05, 4.69) is 17.1 Å². The highest BCUT2D eigenvalue weighted by atomic mass is 15.2. The van der Waals surface area contributed by atoms with Crippen molar-refractivity contribution in [3.8, 4) is 0 Å². The molecule has 0 aromatic heterocycles. The molecule has 2 heteroatoms. The number of likely N-dealkylation sites (tertiary alicyclic amines) is 1. The first kappa shape index (κ1) is 11.7. The molecular formula is C16H28N2. The van der Waals surface area contributed by atoms with Gasteiger partial charge in [0.05, 0.1) is 0 Å². The minimum Gasteiger partial charge on any atom is -0.313 e. The fourth-order valence-corrected chi connectivity index (χ4v) is 5.56. The predicted molar refractivity (Wildman–Crippen MR) is 74.5 cm³/mol. The van der Waals surface area contributed by atoms with Crippen LogP contribution in [-0.2, 0) is 0 Å². The molecule has 4 fully saturated rings. The van der Waals surface area contributed by atoms with Gasteiger partial charge in [-0.25, -0.2) is 0 Å². The Morgan fingerprint density at radius 2 is 1.89 bits per heavy atom. The van der Waals surface area contributed by atoms with Crippen molar-refractivity contribution in [2.75, 3.05) is 19.6 Å². The molecule has 1 N–H and O–H groups in total. The predicted octanol–water partition coefficient (Wildman–Crippen LogP) is 2.49. The molecule has 4 rings (SSSR count). The van der Waals surface area contributed by atoms with Crippen LogP contribution in [0.1, 0.15) is 45.4 Å². The van der Waals surface area contributed by atoms with Crippen LogP contribution in [0, 0.1) is 23.7 Å². The second-order valence-corrected chi connectivity index (χ2v) is 7.27.